The third-order valence-electron chi connectivity index (χ3n) is 3.29. The van der Waals surface area contributed by atoms with Crippen molar-refractivity contribution in [2.24, 2.45) is 0 Å². The number of benzene rings is 1. The van der Waals surface area contributed by atoms with Crippen LogP contribution in [0, 0.1) is 6.92 Å². The first-order chi connectivity index (χ1) is 7.59. The van der Waals surface area contributed by atoms with Crippen LogP contribution in [-0.4, -0.2) is 17.5 Å². The molecule has 0 amide bonds. The van der Waals surface area contributed by atoms with Crippen molar-refractivity contribution in [2.75, 3.05) is 0 Å². The largest absolute Gasteiger partial charge is 0.461 e. The van der Waals surface area contributed by atoms with Gasteiger partial charge >= 0.3 is 0 Å². The van der Waals surface area contributed by atoms with Crippen LogP contribution in [0.25, 0.3) is 0 Å². The van der Waals surface area contributed by atoms with Crippen molar-refractivity contribution in [1.29, 1.82) is 0 Å². The highest BCUT2D eigenvalue weighted by molar-refractivity contribution is 5.44. The van der Waals surface area contributed by atoms with E-state index in [9.17, 15) is 5.11 Å². The normalized spacial score (nSPS) is 35.4. The molecule has 0 aliphatic carbocycles. The molecule has 3 atom stereocenters. The molecule has 2 bridgehead atoms. The molecule has 0 saturated heterocycles. The van der Waals surface area contributed by atoms with Gasteiger partial charge in [0, 0.05) is 5.56 Å². The van der Waals surface area contributed by atoms with Gasteiger partial charge in [-0.3, -0.25) is 0 Å². The van der Waals surface area contributed by atoms with Crippen molar-refractivity contribution in [1.82, 2.24) is 0 Å². The highest BCUT2D eigenvalue weighted by Gasteiger charge is 2.45. The summed E-state index contributed by atoms with van der Waals surface area (Å²) in [6, 6.07) is 5.94. The van der Waals surface area contributed by atoms with E-state index in [1.165, 1.54) is 0 Å². The van der Waals surface area contributed by atoms with E-state index >= 15 is 0 Å². The predicted octanol–water partition coefficient (Wildman–Crippen LogP) is 1.88. The Morgan fingerprint density at radius 2 is 2.12 bits per heavy atom. The molecule has 0 spiro atoms. The van der Waals surface area contributed by atoms with E-state index in [1.807, 2.05) is 32.0 Å². The fraction of sp³-hybridized carbons (Fsp3) is 0.385. The molecule has 2 aliphatic rings. The molecule has 1 aromatic rings. The molecule has 2 heterocycles. The van der Waals surface area contributed by atoms with Crippen LogP contribution in [0.1, 0.15) is 18.1 Å². The summed E-state index contributed by atoms with van der Waals surface area (Å²) in [5, 5.41) is 10.1. The highest BCUT2D eigenvalue weighted by Crippen LogP contribution is 2.44. The maximum atomic E-state index is 10.1. The summed E-state index contributed by atoms with van der Waals surface area (Å²) in [5.41, 5.74) is 1.35. The number of aryl methyl sites for hydroxylation is 1. The Kier molecular flexibility index (Phi) is 1.91. The van der Waals surface area contributed by atoms with E-state index in [1.54, 1.807) is 12.2 Å². The first kappa shape index (κ1) is 9.87. The lowest BCUT2D eigenvalue weighted by atomic mass is 9.85. The lowest BCUT2D eigenvalue weighted by Gasteiger charge is -2.44. The number of aliphatic hydroxyl groups excluding tert-OH is 1. The number of hydrogen-bond acceptors (Lipinski definition) is 3. The van der Waals surface area contributed by atoms with Crippen molar-refractivity contribution in [3.63, 3.8) is 0 Å². The van der Waals surface area contributed by atoms with E-state index in [2.05, 4.69) is 0 Å². The summed E-state index contributed by atoms with van der Waals surface area (Å²) in [6.07, 6.45) is 2.46. The second-order valence-electron chi connectivity index (χ2n) is 4.54. The summed E-state index contributed by atoms with van der Waals surface area (Å²) in [6.45, 7) is 3.91. The SMILES string of the molecule is Cc1ccc2c(c1)C1(C)OC(C=CC1O)O2. The van der Waals surface area contributed by atoms with Gasteiger partial charge in [-0.1, -0.05) is 17.7 Å². The van der Waals surface area contributed by atoms with E-state index in [-0.39, 0.29) is 6.29 Å². The van der Waals surface area contributed by atoms with Gasteiger partial charge in [0.05, 0.1) is 0 Å². The van der Waals surface area contributed by atoms with Gasteiger partial charge in [-0.05, 0) is 32.1 Å². The molecule has 2 aliphatic heterocycles. The van der Waals surface area contributed by atoms with Gasteiger partial charge < -0.3 is 14.6 Å². The van der Waals surface area contributed by atoms with Crippen LogP contribution in [-0.2, 0) is 10.3 Å². The maximum Gasteiger partial charge on any atom is 0.220 e. The lowest BCUT2D eigenvalue weighted by Crippen LogP contribution is -2.48. The van der Waals surface area contributed by atoms with Crippen LogP contribution in [0.4, 0.5) is 0 Å². The summed E-state index contributed by atoms with van der Waals surface area (Å²) in [5.74, 6) is 0.799. The smallest absolute Gasteiger partial charge is 0.220 e. The van der Waals surface area contributed by atoms with Crippen molar-refractivity contribution >= 4 is 0 Å². The number of aliphatic hydroxyl groups is 1. The molecule has 1 N–H and O–H groups in total. The average Bonchev–Trinajstić information content (AvgIpc) is 2.26. The minimum atomic E-state index is -0.695. The van der Waals surface area contributed by atoms with Crippen molar-refractivity contribution < 1.29 is 14.6 Å². The lowest BCUT2D eigenvalue weighted by molar-refractivity contribution is -0.207. The Hall–Kier alpha value is -1.32. The van der Waals surface area contributed by atoms with E-state index in [0.29, 0.717) is 0 Å². The molecule has 3 heteroatoms. The minimum absolute atomic E-state index is 0.386. The van der Waals surface area contributed by atoms with Crippen LogP contribution in [0.3, 0.4) is 0 Å². The van der Waals surface area contributed by atoms with Gasteiger partial charge in [0.15, 0.2) is 0 Å². The zero-order valence-electron chi connectivity index (χ0n) is 9.31. The molecule has 84 valence electrons. The van der Waals surface area contributed by atoms with Gasteiger partial charge in [0.1, 0.15) is 17.5 Å². The molecule has 3 unspecified atom stereocenters. The third kappa shape index (κ3) is 1.22. The Bertz CT molecular complexity index is 466. The number of fused-ring (bicyclic) bond motifs is 4. The Morgan fingerprint density at radius 3 is 2.94 bits per heavy atom. The van der Waals surface area contributed by atoms with Crippen molar-refractivity contribution in [3.8, 4) is 5.75 Å². The van der Waals surface area contributed by atoms with Crippen LogP contribution in [0.5, 0.6) is 5.75 Å². The first-order valence-corrected chi connectivity index (χ1v) is 5.41. The molecule has 0 fully saturated rings. The second-order valence-corrected chi connectivity index (χ2v) is 4.54. The average molecular weight is 218 g/mol. The molecule has 1 aromatic carbocycles. The van der Waals surface area contributed by atoms with E-state index in [0.717, 1.165) is 16.9 Å². The zero-order valence-corrected chi connectivity index (χ0v) is 9.31. The van der Waals surface area contributed by atoms with Gasteiger partial charge in [0.2, 0.25) is 6.29 Å². The highest BCUT2D eigenvalue weighted by atomic mass is 16.7. The summed E-state index contributed by atoms with van der Waals surface area (Å²) >= 11 is 0. The molecular weight excluding hydrogens is 204 g/mol. The zero-order chi connectivity index (χ0) is 11.3. The predicted molar refractivity (Wildman–Crippen MR) is 59.2 cm³/mol. The van der Waals surface area contributed by atoms with E-state index in [4.69, 9.17) is 9.47 Å². The molecule has 3 rings (SSSR count). The quantitative estimate of drug-likeness (QED) is 0.676. The van der Waals surface area contributed by atoms with Crippen molar-refractivity contribution in [2.45, 2.75) is 31.8 Å². The van der Waals surface area contributed by atoms with E-state index < -0.39 is 11.7 Å². The second kappa shape index (κ2) is 3.09. The number of rotatable bonds is 0. The molecule has 16 heavy (non-hydrogen) atoms. The number of ether oxygens (including phenoxy) is 2. The monoisotopic (exact) mass is 218 g/mol. The fourth-order valence-electron chi connectivity index (χ4n) is 2.28. The molecule has 0 saturated carbocycles. The Morgan fingerprint density at radius 1 is 1.31 bits per heavy atom. The van der Waals surface area contributed by atoms with Gasteiger partial charge in [0.25, 0.3) is 0 Å². The van der Waals surface area contributed by atoms with Gasteiger partial charge in [-0.2, -0.15) is 0 Å². The maximum absolute atomic E-state index is 10.1. The molecule has 0 aromatic heterocycles. The standard InChI is InChI=1S/C13H14O3/c1-8-3-4-10-9(7-8)13(2)11(14)5-6-12(15-10)16-13/h3-7,11-12,14H,1-2H3. The van der Waals surface area contributed by atoms with Crippen LogP contribution < -0.4 is 4.74 Å². The van der Waals surface area contributed by atoms with Gasteiger partial charge in [-0.25, -0.2) is 0 Å². The van der Waals surface area contributed by atoms with Crippen molar-refractivity contribution in [3.05, 3.63) is 41.5 Å². The fourth-order valence-corrected chi connectivity index (χ4v) is 2.28. The molecule has 3 nitrogen and oxygen atoms in total. The summed E-state index contributed by atoms with van der Waals surface area (Å²) in [4.78, 5) is 0. The molecular formula is C13H14O3. The van der Waals surface area contributed by atoms with Crippen LogP contribution in [0.2, 0.25) is 0 Å². The topological polar surface area (TPSA) is 38.7 Å². The molecule has 0 radical (unpaired) electrons. The third-order valence-corrected chi connectivity index (χ3v) is 3.29. The summed E-state index contributed by atoms with van der Waals surface area (Å²) < 4.78 is 11.4. The summed E-state index contributed by atoms with van der Waals surface area (Å²) in [7, 11) is 0. The number of hydrogen-bond donors (Lipinski definition) is 1. The Balaban J connectivity index is 2.20. The minimum Gasteiger partial charge on any atom is -0.461 e. The van der Waals surface area contributed by atoms with Crippen LogP contribution in [0.15, 0.2) is 30.4 Å². The Labute approximate surface area is 94.3 Å². The van der Waals surface area contributed by atoms with Crippen LogP contribution >= 0.6 is 0 Å². The first-order valence-electron chi connectivity index (χ1n) is 5.41. The van der Waals surface area contributed by atoms with Gasteiger partial charge in [-0.15, -0.1) is 0 Å².